The topological polar surface area (TPSA) is 36.4 Å². The van der Waals surface area contributed by atoms with E-state index >= 15 is 0 Å². The molecule has 0 spiro atoms. The van der Waals surface area contributed by atoms with E-state index in [1.54, 1.807) is 18.9 Å². The molecule has 0 radical (unpaired) electrons. The van der Waals surface area contributed by atoms with E-state index in [1.807, 2.05) is 0 Å². The number of likely N-dealkylation sites (N-methyl/N-ethyl adjacent to an activating group) is 1. The van der Waals surface area contributed by atoms with Crippen LogP contribution in [0.15, 0.2) is 12.3 Å². The number of aromatic nitrogens is 1. The highest BCUT2D eigenvalue weighted by Crippen LogP contribution is 2.19. The number of nitrogens with zero attached hydrogens (tertiary/aromatic N) is 2. The van der Waals surface area contributed by atoms with Crippen molar-refractivity contribution in [2.45, 2.75) is 13.0 Å². The number of rotatable bonds is 3. The van der Waals surface area contributed by atoms with Crippen molar-refractivity contribution in [2.75, 3.05) is 18.6 Å². The summed E-state index contributed by atoms with van der Waals surface area (Å²) in [5, 5.41) is 9.15. The second-order valence-corrected chi connectivity index (χ2v) is 3.54. The second-order valence-electron chi connectivity index (χ2n) is 3.10. The Morgan fingerprint density at radius 2 is 2.36 bits per heavy atom. The molecule has 0 saturated carbocycles. The first kappa shape index (κ1) is 11.2. The smallest absolute Gasteiger partial charge is 0.167 e. The highest BCUT2D eigenvalue weighted by Gasteiger charge is 2.14. The van der Waals surface area contributed by atoms with Crippen LogP contribution in [0, 0.1) is 5.82 Å². The van der Waals surface area contributed by atoms with Gasteiger partial charge in [-0.3, -0.25) is 0 Å². The van der Waals surface area contributed by atoms with Crippen LogP contribution in [-0.2, 0) is 0 Å². The molecule has 1 aromatic rings. The zero-order valence-corrected chi connectivity index (χ0v) is 8.79. The summed E-state index contributed by atoms with van der Waals surface area (Å²) < 4.78 is 13.3. The summed E-state index contributed by atoms with van der Waals surface area (Å²) >= 11 is 5.56. The van der Waals surface area contributed by atoms with Crippen molar-refractivity contribution in [3.05, 3.63) is 23.1 Å². The third-order valence-electron chi connectivity index (χ3n) is 2.05. The third kappa shape index (κ3) is 2.33. The minimum atomic E-state index is -0.486. The van der Waals surface area contributed by atoms with Crippen LogP contribution in [0.2, 0.25) is 5.02 Å². The summed E-state index contributed by atoms with van der Waals surface area (Å²) in [6.45, 7) is 1.72. The van der Waals surface area contributed by atoms with Crippen molar-refractivity contribution in [2.24, 2.45) is 0 Å². The molecule has 0 amide bonds. The molecule has 1 atom stereocenters. The molecule has 14 heavy (non-hydrogen) atoms. The lowest BCUT2D eigenvalue weighted by Crippen LogP contribution is -2.33. The van der Waals surface area contributed by atoms with Crippen LogP contribution in [0.5, 0.6) is 0 Å². The van der Waals surface area contributed by atoms with Gasteiger partial charge in [0.15, 0.2) is 11.6 Å². The van der Waals surface area contributed by atoms with Crippen molar-refractivity contribution < 1.29 is 9.50 Å². The Bertz CT molecular complexity index is 322. The Balaban J connectivity index is 2.95. The van der Waals surface area contributed by atoms with Gasteiger partial charge in [0.25, 0.3) is 0 Å². The van der Waals surface area contributed by atoms with E-state index in [0.717, 1.165) is 0 Å². The Hall–Kier alpha value is -0.870. The van der Waals surface area contributed by atoms with Crippen molar-refractivity contribution in [1.29, 1.82) is 0 Å². The Kier molecular flexibility index (Phi) is 3.66. The lowest BCUT2D eigenvalue weighted by molar-refractivity contribution is 0.269. The van der Waals surface area contributed by atoms with Crippen LogP contribution >= 0.6 is 11.6 Å². The molecule has 0 aliphatic heterocycles. The van der Waals surface area contributed by atoms with Crippen LogP contribution in [0.4, 0.5) is 10.2 Å². The number of aliphatic hydroxyl groups is 1. The lowest BCUT2D eigenvalue weighted by Gasteiger charge is -2.24. The quantitative estimate of drug-likeness (QED) is 0.839. The second kappa shape index (κ2) is 4.57. The summed E-state index contributed by atoms with van der Waals surface area (Å²) in [6, 6.07) is 1.02. The highest BCUT2D eigenvalue weighted by atomic mass is 35.5. The van der Waals surface area contributed by atoms with Crippen molar-refractivity contribution >= 4 is 17.4 Å². The van der Waals surface area contributed by atoms with Crippen LogP contribution in [0.1, 0.15) is 6.92 Å². The standard InChI is InChI=1S/C9H12ClFN2O/c1-6(5-14)13(2)9-8(11)3-7(10)4-12-9/h3-4,6,14H,5H2,1-2H3/t6-/m1/s1. The largest absolute Gasteiger partial charge is 0.394 e. The SMILES string of the molecule is C[C@H](CO)N(C)c1ncc(Cl)cc1F. The molecule has 1 rings (SSSR count). The summed E-state index contributed by atoms with van der Waals surface area (Å²) in [4.78, 5) is 5.42. The molecule has 3 nitrogen and oxygen atoms in total. The maximum Gasteiger partial charge on any atom is 0.167 e. The molecule has 0 fully saturated rings. The van der Waals surface area contributed by atoms with Gasteiger partial charge in [0.1, 0.15) is 0 Å². The van der Waals surface area contributed by atoms with Crippen molar-refractivity contribution in [3.63, 3.8) is 0 Å². The Morgan fingerprint density at radius 1 is 1.71 bits per heavy atom. The number of hydrogen-bond acceptors (Lipinski definition) is 3. The Morgan fingerprint density at radius 3 is 2.86 bits per heavy atom. The first-order valence-corrected chi connectivity index (χ1v) is 4.58. The highest BCUT2D eigenvalue weighted by molar-refractivity contribution is 6.30. The van der Waals surface area contributed by atoms with E-state index in [1.165, 1.54) is 12.3 Å². The first-order valence-electron chi connectivity index (χ1n) is 4.21. The fraction of sp³-hybridized carbons (Fsp3) is 0.444. The van der Waals surface area contributed by atoms with Gasteiger partial charge in [-0.1, -0.05) is 11.6 Å². The maximum atomic E-state index is 13.3. The molecule has 1 N–H and O–H groups in total. The summed E-state index contributed by atoms with van der Waals surface area (Å²) in [5.41, 5.74) is 0. The van der Waals surface area contributed by atoms with Gasteiger partial charge in [-0.15, -0.1) is 0 Å². The molecular weight excluding hydrogens is 207 g/mol. The molecule has 0 aliphatic carbocycles. The number of hydrogen-bond donors (Lipinski definition) is 1. The van der Waals surface area contributed by atoms with Gasteiger partial charge in [0.2, 0.25) is 0 Å². The molecule has 0 saturated heterocycles. The molecule has 1 heterocycles. The average molecular weight is 219 g/mol. The molecular formula is C9H12ClFN2O. The van der Waals surface area contributed by atoms with Gasteiger partial charge in [0.05, 0.1) is 17.7 Å². The van der Waals surface area contributed by atoms with E-state index in [2.05, 4.69) is 4.98 Å². The fourth-order valence-electron chi connectivity index (χ4n) is 0.998. The van der Waals surface area contributed by atoms with Gasteiger partial charge in [0, 0.05) is 13.2 Å². The van der Waals surface area contributed by atoms with Gasteiger partial charge in [-0.2, -0.15) is 0 Å². The number of pyridine rings is 1. The minimum absolute atomic E-state index is 0.0553. The third-order valence-corrected chi connectivity index (χ3v) is 2.25. The van der Waals surface area contributed by atoms with E-state index in [0.29, 0.717) is 0 Å². The summed E-state index contributed by atoms with van der Waals surface area (Å²) in [6.07, 6.45) is 1.38. The van der Waals surface area contributed by atoms with E-state index in [4.69, 9.17) is 16.7 Å². The van der Waals surface area contributed by atoms with Crippen LogP contribution in [-0.4, -0.2) is 29.8 Å². The van der Waals surface area contributed by atoms with Crippen molar-refractivity contribution in [3.8, 4) is 0 Å². The minimum Gasteiger partial charge on any atom is -0.394 e. The van der Waals surface area contributed by atoms with Gasteiger partial charge >= 0.3 is 0 Å². The Labute approximate surface area is 87.1 Å². The molecule has 0 unspecified atom stereocenters. The molecule has 0 aliphatic rings. The first-order chi connectivity index (χ1) is 6.56. The predicted octanol–water partition coefficient (Wildman–Crippen LogP) is 1.69. The van der Waals surface area contributed by atoms with Crippen LogP contribution in [0.3, 0.4) is 0 Å². The zero-order valence-electron chi connectivity index (χ0n) is 8.04. The molecule has 0 aromatic carbocycles. The van der Waals surface area contributed by atoms with Crippen LogP contribution < -0.4 is 4.90 Å². The normalized spacial score (nSPS) is 12.6. The predicted molar refractivity (Wildman–Crippen MR) is 54.2 cm³/mol. The van der Waals surface area contributed by atoms with Gasteiger partial charge < -0.3 is 10.0 Å². The average Bonchev–Trinajstić information content (AvgIpc) is 2.15. The van der Waals surface area contributed by atoms with Gasteiger partial charge in [-0.25, -0.2) is 9.37 Å². The molecule has 0 bridgehead atoms. The molecule has 5 heteroatoms. The lowest BCUT2D eigenvalue weighted by atomic mass is 10.3. The monoisotopic (exact) mass is 218 g/mol. The zero-order chi connectivity index (χ0) is 10.7. The van der Waals surface area contributed by atoms with E-state index in [9.17, 15) is 4.39 Å². The number of halogens is 2. The molecule has 1 aromatic heterocycles. The summed E-state index contributed by atoms with van der Waals surface area (Å²) in [7, 11) is 1.67. The fourth-order valence-corrected chi connectivity index (χ4v) is 1.14. The molecule has 78 valence electrons. The van der Waals surface area contributed by atoms with E-state index in [-0.39, 0.29) is 23.5 Å². The number of aliphatic hydroxyl groups excluding tert-OH is 1. The number of anilines is 1. The maximum absolute atomic E-state index is 13.3. The van der Waals surface area contributed by atoms with Crippen molar-refractivity contribution in [1.82, 2.24) is 4.98 Å². The van der Waals surface area contributed by atoms with E-state index < -0.39 is 5.82 Å². The van der Waals surface area contributed by atoms with Gasteiger partial charge in [-0.05, 0) is 13.0 Å². The summed E-state index contributed by atoms with van der Waals surface area (Å²) in [5.74, 6) is -0.295. The van der Waals surface area contributed by atoms with Crippen LogP contribution in [0.25, 0.3) is 0 Å².